The van der Waals surface area contributed by atoms with Gasteiger partial charge in [0.1, 0.15) is 5.75 Å². The molecular formula is C26H21N3O3. The molecule has 0 aliphatic rings. The lowest BCUT2D eigenvalue weighted by Gasteiger charge is -2.14. The Bertz CT molecular complexity index is 1420. The van der Waals surface area contributed by atoms with Gasteiger partial charge in [-0.1, -0.05) is 36.4 Å². The van der Waals surface area contributed by atoms with Crippen LogP contribution in [-0.2, 0) is 0 Å². The van der Waals surface area contributed by atoms with Gasteiger partial charge in [-0.15, -0.1) is 0 Å². The molecule has 0 saturated heterocycles. The van der Waals surface area contributed by atoms with E-state index in [1.54, 1.807) is 6.07 Å². The zero-order valence-corrected chi connectivity index (χ0v) is 18.0. The molecule has 0 radical (unpaired) electrons. The molecular weight excluding hydrogens is 402 g/mol. The minimum absolute atomic E-state index is 0.0312. The van der Waals surface area contributed by atoms with E-state index in [2.05, 4.69) is 6.07 Å². The Morgan fingerprint density at radius 1 is 1.06 bits per heavy atom. The van der Waals surface area contributed by atoms with Crippen molar-refractivity contribution in [3.63, 3.8) is 0 Å². The molecule has 0 saturated carbocycles. The fourth-order valence-corrected chi connectivity index (χ4v) is 3.96. The van der Waals surface area contributed by atoms with Crippen LogP contribution in [-0.4, -0.2) is 16.6 Å². The summed E-state index contributed by atoms with van der Waals surface area (Å²) >= 11 is 0. The van der Waals surface area contributed by atoms with Gasteiger partial charge in [-0.3, -0.25) is 10.1 Å². The van der Waals surface area contributed by atoms with Crippen LogP contribution >= 0.6 is 0 Å². The number of benzene rings is 3. The average Bonchev–Trinajstić information content (AvgIpc) is 3.09. The van der Waals surface area contributed by atoms with E-state index in [1.165, 1.54) is 19.2 Å². The van der Waals surface area contributed by atoms with E-state index in [0.29, 0.717) is 17.0 Å². The lowest BCUT2D eigenvalue weighted by atomic mass is 10.0. The highest BCUT2D eigenvalue weighted by Crippen LogP contribution is 2.33. The van der Waals surface area contributed by atoms with E-state index in [-0.39, 0.29) is 5.69 Å². The molecule has 1 aromatic heterocycles. The Hall–Kier alpha value is -4.37. The van der Waals surface area contributed by atoms with Crippen molar-refractivity contribution < 1.29 is 9.66 Å². The van der Waals surface area contributed by atoms with E-state index < -0.39 is 4.92 Å². The van der Waals surface area contributed by atoms with Crippen LogP contribution in [0.1, 0.15) is 22.5 Å². The van der Waals surface area contributed by atoms with Gasteiger partial charge in [0.05, 0.1) is 35.4 Å². The largest absolute Gasteiger partial charge is 0.494 e. The van der Waals surface area contributed by atoms with Crippen LogP contribution in [0.2, 0.25) is 0 Å². The summed E-state index contributed by atoms with van der Waals surface area (Å²) in [5, 5.41) is 23.2. The lowest BCUT2D eigenvalue weighted by Crippen LogP contribution is -2.03. The highest BCUT2D eigenvalue weighted by atomic mass is 16.6. The Morgan fingerprint density at radius 2 is 1.81 bits per heavy atom. The number of ether oxygens (including phenoxy) is 1. The molecule has 0 N–H and O–H groups in total. The topological polar surface area (TPSA) is 81.1 Å². The van der Waals surface area contributed by atoms with E-state index in [4.69, 9.17) is 4.74 Å². The first-order valence-electron chi connectivity index (χ1n) is 10.1. The second kappa shape index (κ2) is 8.40. The van der Waals surface area contributed by atoms with Crippen LogP contribution in [0, 0.1) is 35.3 Å². The van der Waals surface area contributed by atoms with Gasteiger partial charge in [0.15, 0.2) is 0 Å². The predicted molar refractivity (Wildman–Crippen MR) is 126 cm³/mol. The van der Waals surface area contributed by atoms with E-state index in [9.17, 15) is 15.4 Å². The number of nitrogens with zero attached hydrogens (tertiary/aromatic N) is 3. The SMILES string of the molecule is COc1cc([N+](=O)[O-])ccc1-n1c(C)cc(/C=C(/C#N)c2ccc3ccccc3c2)c1C. The third-order valence-electron chi connectivity index (χ3n) is 5.57. The molecule has 3 aromatic carbocycles. The molecule has 4 aromatic rings. The number of aryl methyl sites for hydroxylation is 1. The number of nitriles is 1. The molecule has 4 rings (SSSR count). The van der Waals surface area contributed by atoms with E-state index in [0.717, 1.165) is 33.3 Å². The summed E-state index contributed by atoms with van der Waals surface area (Å²) in [7, 11) is 1.49. The van der Waals surface area contributed by atoms with Crippen molar-refractivity contribution in [2.75, 3.05) is 7.11 Å². The average molecular weight is 423 g/mol. The van der Waals surface area contributed by atoms with Crippen molar-refractivity contribution >= 4 is 28.1 Å². The number of methoxy groups -OCH3 is 1. The molecule has 0 amide bonds. The Kier molecular flexibility index (Phi) is 5.48. The summed E-state index contributed by atoms with van der Waals surface area (Å²) < 4.78 is 7.41. The van der Waals surface area contributed by atoms with Crippen LogP contribution < -0.4 is 4.74 Å². The third-order valence-corrected chi connectivity index (χ3v) is 5.57. The van der Waals surface area contributed by atoms with E-state index in [1.807, 2.05) is 73.0 Å². The zero-order valence-electron chi connectivity index (χ0n) is 18.0. The molecule has 1 heterocycles. The number of nitro benzene ring substituents is 1. The lowest BCUT2D eigenvalue weighted by molar-refractivity contribution is -0.384. The molecule has 0 unspecified atom stereocenters. The number of non-ortho nitro benzene ring substituents is 1. The molecule has 0 aliphatic heterocycles. The summed E-state index contributed by atoms with van der Waals surface area (Å²) in [6, 6.07) is 22.9. The molecule has 0 bridgehead atoms. The Balaban J connectivity index is 1.81. The van der Waals surface area contributed by atoms with Crippen molar-refractivity contribution in [1.29, 1.82) is 5.26 Å². The Morgan fingerprint density at radius 3 is 2.50 bits per heavy atom. The smallest absolute Gasteiger partial charge is 0.273 e. The maximum Gasteiger partial charge on any atom is 0.273 e. The van der Waals surface area contributed by atoms with Crippen LogP contribution in [0.3, 0.4) is 0 Å². The van der Waals surface area contributed by atoms with Crippen molar-refractivity contribution in [2.24, 2.45) is 0 Å². The molecule has 158 valence electrons. The monoisotopic (exact) mass is 423 g/mol. The van der Waals surface area contributed by atoms with Crippen molar-refractivity contribution in [2.45, 2.75) is 13.8 Å². The summed E-state index contributed by atoms with van der Waals surface area (Å²) in [5.74, 6) is 0.409. The first-order valence-corrected chi connectivity index (χ1v) is 10.1. The summed E-state index contributed by atoms with van der Waals surface area (Å²) in [6.07, 6.45) is 1.88. The number of aromatic nitrogens is 1. The molecule has 0 atom stereocenters. The summed E-state index contributed by atoms with van der Waals surface area (Å²) in [4.78, 5) is 10.7. The maximum absolute atomic E-state index is 11.1. The quantitative estimate of drug-likeness (QED) is 0.216. The molecule has 6 heteroatoms. The van der Waals surface area contributed by atoms with Crippen molar-refractivity contribution in [3.8, 4) is 17.5 Å². The maximum atomic E-state index is 11.1. The normalized spacial score (nSPS) is 11.4. The minimum atomic E-state index is -0.446. The molecule has 6 nitrogen and oxygen atoms in total. The molecule has 0 spiro atoms. The predicted octanol–water partition coefficient (Wildman–Crippen LogP) is 6.23. The first kappa shape index (κ1) is 20.9. The highest BCUT2D eigenvalue weighted by molar-refractivity contribution is 5.94. The fraction of sp³-hybridized carbons (Fsp3) is 0.115. The van der Waals surface area contributed by atoms with Crippen LogP contribution in [0.15, 0.2) is 66.7 Å². The van der Waals surface area contributed by atoms with Crippen molar-refractivity contribution in [3.05, 3.63) is 99.4 Å². The van der Waals surface area contributed by atoms with Gasteiger partial charge in [-0.05, 0) is 60.0 Å². The highest BCUT2D eigenvalue weighted by Gasteiger charge is 2.17. The van der Waals surface area contributed by atoms with Crippen molar-refractivity contribution in [1.82, 2.24) is 4.57 Å². The number of hydrogen-bond acceptors (Lipinski definition) is 4. The fourth-order valence-electron chi connectivity index (χ4n) is 3.96. The third kappa shape index (κ3) is 3.72. The van der Waals surface area contributed by atoms with Gasteiger partial charge in [-0.25, -0.2) is 0 Å². The number of allylic oxidation sites excluding steroid dienone is 1. The van der Waals surface area contributed by atoms with Crippen LogP contribution in [0.5, 0.6) is 5.75 Å². The number of fused-ring (bicyclic) bond motifs is 1. The van der Waals surface area contributed by atoms with Gasteiger partial charge >= 0.3 is 0 Å². The minimum Gasteiger partial charge on any atom is -0.494 e. The van der Waals surface area contributed by atoms with Gasteiger partial charge in [-0.2, -0.15) is 5.26 Å². The zero-order chi connectivity index (χ0) is 22.8. The summed E-state index contributed by atoms with van der Waals surface area (Å²) in [6.45, 7) is 3.91. The standard InChI is InChI=1S/C26H21N3O3/c1-17-12-22(14-23(16-27)21-9-8-19-6-4-5-7-20(19)13-21)18(2)28(17)25-11-10-24(29(30)31)15-26(25)32-3/h4-15H,1-3H3/b23-14-. The molecule has 0 aliphatic carbocycles. The molecule has 32 heavy (non-hydrogen) atoms. The van der Waals surface area contributed by atoms with Gasteiger partial charge in [0.2, 0.25) is 0 Å². The van der Waals surface area contributed by atoms with Gasteiger partial charge < -0.3 is 9.30 Å². The number of hydrogen-bond donors (Lipinski definition) is 0. The second-order valence-electron chi connectivity index (χ2n) is 7.51. The number of nitro groups is 1. The van der Waals surface area contributed by atoms with E-state index >= 15 is 0 Å². The Labute approximate surface area is 185 Å². The first-order chi connectivity index (χ1) is 15.4. The number of rotatable bonds is 5. The van der Waals surface area contributed by atoms with Gasteiger partial charge in [0, 0.05) is 17.5 Å². The second-order valence-corrected chi connectivity index (χ2v) is 7.51. The summed E-state index contributed by atoms with van der Waals surface area (Å²) in [5.41, 5.74) is 4.82. The van der Waals surface area contributed by atoms with Crippen LogP contribution in [0.25, 0.3) is 28.1 Å². The molecule has 0 fully saturated rings. The van der Waals surface area contributed by atoms with Crippen LogP contribution in [0.4, 0.5) is 5.69 Å². The van der Waals surface area contributed by atoms with Gasteiger partial charge in [0.25, 0.3) is 5.69 Å².